The van der Waals surface area contributed by atoms with E-state index in [1.54, 1.807) is 11.8 Å². The zero-order chi connectivity index (χ0) is 18.7. The molecular formula is C18H23N5O3. The topological polar surface area (TPSA) is 101 Å². The summed E-state index contributed by atoms with van der Waals surface area (Å²) in [6.45, 7) is 4.51. The molecule has 0 bridgehead atoms. The summed E-state index contributed by atoms with van der Waals surface area (Å²) in [5.74, 6) is -0.829. The Balaban J connectivity index is 1.87. The molecule has 1 aliphatic rings. The molecule has 0 saturated carbocycles. The van der Waals surface area contributed by atoms with Gasteiger partial charge in [-0.1, -0.05) is 37.3 Å². The number of aryl methyl sites for hydroxylation is 1. The lowest BCUT2D eigenvalue weighted by Crippen LogP contribution is -2.48. The molecule has 2 heterocycles. The lowest BCUT2D eigenvalue weighted by molar-refractivity contribution is -0.148. The number of rotatable bonds is 5. The van der Waals surface area contributed by atoms with Gasteiger partial charge < -0.3 is 10.0 Å². The maximum absolute atomic E-state index is 13.3. The van der Waals surface area contributed by atoms with Crippen molar-refractivity contribution in [2.45, 2.75) is 32.7 Å². The second-order valence-corrected chi connectivity index (χ2v) is 7.00. The molecule has 138 valence electrons. The normalized spacial score (nSPS) is 21.4. The molecule has 0 radical (unpaired) electrons. The first-order valence-corrected chi connectivity index (χ1v) is 8.75. The number of tetrazole rings is 1. The number of carbonyl (C=O) groups is 2. The Morgan fingerprint density at radius 2 is 2.00 bits per heavy atom. The number of benzene rings is 1. The van der Waals surface area contributed by atoms with Gasteiger partial charge in [-0.05, 0) is 35.3 Å². The van der Waals surface area contributed by atoms with E-state index >= 15 is 0 Å². The number of amides is 1. The van der Waals surface area contributed by atoms with Crippen LogP contribution in [0.4, 0.5) is 0 Å². The van der Waals surface area contributed by atoms with E-state index in [0.717, 1.165) is 5.56 Å². The molecular weight excluding hydrogens is 334 g/mol. The number of carboxylic acid groups (broad SMARTS) is 1. The third kappa shape index (κ3) is 3.89. The maximum Gasteiger partial charge on any atom is 0.308 e. The predicted molar refractivity (Wildman–Crippen MR) is 93.2 cm³/mol. The summed E-state index contributed by atoms with van der Waals surface area (Å²) in [6, 6.07) is 9.09. The van der Waals surface area contributed by atoms with Crippen molar-refractivity contribution in [2.24, 2.45) is 11.8 Å². The van der Waals surface area contributed by atoms with E-state index in [9.17, 15) is 14.7 Å². The van der Waals surface area contributed by atoms with Gasteiger partial charge in [-0.15, -0.1) is 5.10 Å². The predicted octanol–water partition coefficient (Wildman–Crippen LogP) is 1.33. The molecule has 3 rings (SSSR count). The Bertz CT molecular complexity index is 776. The van der Waals surface area contributed by atoms with E-state index in [-0.39, 0.29) is 18.4 Å². The summed E-state index contributed by atoms with van der Waals surface area (Å²) in [5.41, 5.74) is 1.00. The molecule has 1 amide bonds. The minimum Gasteiger partial charge on any atom is -0.481 e. The number of aromatic nitrogens is 4. The summed E-state index contributed by atoms with van der Waals surface area (Å²) in [5, 5.41) is 20.9. The van der Waals surface area contributed by atoms with Crippen molar-refractivity contribution in [3.63, 3.8) is 0 Å². The van der Waals surface area contributed by atoms with Crippen LogP contribution in [0.25, 0.3) is 0 Å². The average molecular weight is 357 g/mol. The molecule has 1 aromatic carbocycles. The monoisotopic (exact) mass is 357 g/mol. The fraction of sp³-hybridized carbons (Fsp3) is 0.500. The van der Waals surface area contributed by atoms with E-state index in [0.29, 0.717) is 25.2 Å². The van der Waals surface area contributed by atoms with Crippen molar-refractivity contribution < 1.29 is 14.7 Å². The van der Waals surface area contributed by atoms with Gasteiger partial charge in [0.25, 0.3) is 0 Å². The highest BCUT2D eigenvalue weighted by atomic mass is 16.4. The summed E-state index contributed by atoms with van der Waals surface area (Å²) in [4.78, 5) is 26.4. The zero-order valence-corrected chi connectivity index (χ0v) is 14.9. The van der Waals surface area contributed by atoms with Crippen LogP contribution in [0.2, 0.25) is 0 Å². The second kappa shape index (κ2) is 7.63. The molecule has 1 saturated heterocycles. The lowest BCUT2D eigenvalue weighted by Gasteiger charge is -2.36. The summed E-state index contributed by atoms with van der Waals surface area (Å²) in [7, 11) is 0. The van der Waals surface area contributed by atoms with Gasteiger partial charge in [0.2, 0.25) is 5.91 Å². The molecule has 1 aliphatic heterocycles. The summed E-state index contributed by atoms with van der Waals surface area (Å²) in [6.07, 6.45) is 1.04. The standard InChI is InChI=1S/C18H23N5O3/c1-12-8-15(18(25)26)11-22(10-12)17(24)16(23-13(2)19-20-21-23)9-14-6-4-3-5-7-14/h3-7,12,15-16H,8-11H2,1-2H3,(H,25,26). The first-order chi connectivity index (χ1) is 12.5. The summed E-state index contributed by atoms with van der Waals surface area (Å²) >= 11 is 0. The van der Waals surface area contributed by atoms with Crippen LogP contribution in [-0.4, -0.2) is 55.2 Å². The molecule has 0 spiro atoms. The number of piperidine rings is 1. The average Bonchev–Trinajstić information content (AvgIpc) is 3.05. The number of aliphatic carboxylic acids is 1. The van der Waals surface area contributed by atoms with Crippen LogP contribution in [0.1, 0.15) is 30.8 Å². The summed E-state index contributed by atoms with van der Waals surface area (Å²) < 4.78 is 1.53. The molecule has 1 N–H and O–H groups in total. The Labute approximate surface area is 151 Å². The highest BCUT2D eigenvalue weighted by molar-refractivity contribution is 5.82. The number of nitrogens with zero attached hydrogens (tertiary/aromatic N) is 5. The van der Waals surface area contributed by atoms with E-state index in [4.69, 9.17) is 0 Å². The van der Waals surface area contributed by atoms with Crippen molar-refractivity contribution in [3.8, 4) is 0 Å². The fourth-order valence-corrected chi connectivity index (χ4v) is 3.56. The van der Waals surface area contributed by atoms with Crippen molar-refractivity contribution in [1.82, 2.24) is 25.1 Å². The molecule has 1 fully saturated rings. The van der Waals surface area contributed by atoms with Crippen LogP contribution in [0.5, 0.6) is 0 Å². The second-order valence-electron chi connectivity index (χ2n) is 7.00. The quantitative estimate of drug-likeness (QED) is 0.866. The van der Waals surface area contributed by atoms with Crippen molar-refractivity contribution in [2.75, 3.05) is 13.1 Å². The van der Waals surface area contributed by atoms with Crippen molar-refractivity contribution in [3.05, 3.63) is 41.7 Å². The molecule has 0 aliphatic carbocycles. The first-order valence-electron chi connectivity index (χ1n) is 8.75. The van der Waals surface area contributed by atoms with Gasteiger partial charge in [0.05, 0.1) is 5.92 Å². The molecule has 2 aromatic rings. The van der Waals surface area contributed by atoms with Gasteiger partial charge in [0, 0.05) is 19.5 Å². The van der Waals surface area contributed by atoms with Crippen LogP contribution in [0.3, 0.4) is 0 Å². The molecule has 8 heteroatoms. The largest absolute Gasteiger partial charge is 0.481 e. The zero-order valence-electron chi connectivity index (χ0n) is 14.9. The van der Waals surface area contributed by atoms with Gasteiger partial charge in [0.15, 0.2) is 0 Å². The van der Waals surface area contributed by atoms with Crippen LogP contribution in [-0.2, 0) is 16.0 Å². The van der Waals surface area contributed by atoms with Gasteiger partial charge >= 0.3 is 5.97 Å². The van der Waals surface area contributed by atoms with E-state index in [1.807, 2.05) is 37.3 Å². The van der Waals surface area contributed by atoms with Crippen LogP contribution in [0.15, 0.2) is 30.3 Å². The molecule has 26 heavy (non-hydrogen) atoms. The van der Waals surface area contributed by atoms with Gasteiger partial charge in [-0.2, -0.15) is 0 Å². The fourth-order valence-electron chi connectivity index (χ4n) is 3.56. The third-order valence-electron chi connectivity index (χ3n) is 4.83. The van der Waals surface area contributed by atoms with Crippen LogP contribution >= 0.6 is 0 Å². The van der Waals surface area contributed by atoms with Crippen molar-refractivity contribution >= 4 is 11.9 Å². The van der Waals surface area contributed by atoms with Crippen LogP contribution in [0, 0.1) is 18.8 Å². The van der Waals surface area contributed by atoms with E-state index in [1.165, 1.54) is 4.68 Å². The van der Waals surface area contributed by atoms with Crippen LogP contribution < -0.4 is 0 Å². The maximum atomic E-state index is 13.3. The van der Waals surface area contributed by atoms with Gasteiger partial charge in [0.1, 0.15) is 11.9 Å². The minimum absolute atomic E-state index is 0.137. The smallest absolute Gasteiger partial charge is 0.308 e. The highest BCUT2D eigenvalue weighted by Crippen LogP contribution is 2.25. The number of likely N-dealkylation sites (tertiary alicyclic amines) is 1. The first kappa shape index (κ1) is 18.0. The Morgan fingerprint density at radius 3 is 2.62 bits per heavy atom. The van der Waals surface area contributed by atoms with Gasteiger partial charge in [-0.3, -0.25) is 9.59 Å². The third-order valence-corrected chi connectivity index (χ3v) is 4.83. The SMILES string of the molecule is Cc1nnnn1C(Cc1ccccc1)C(=O)N1CC(C)CC(C(=O)O)C1. The molecule has 3 atom stereocenters. The Hall–Kier alpha value is -2.77. The molecule has 3 unspecified atom stereocenters. The number of hydrogen-bond donors (Lipinski definition) is 1. The van der Waals surface area contributed by atoms with E-state index < -0.39 is 17.9 Å². The Morgan fingerprint density at radius 1 is 1.27 bits per heavy atom. The number of carbonyl (C=O) groups excluding carboxylic acids is 1. The number of hydrogen-bond acceptors (Lipinski definition) is 5. The molecule has 1 aromatic heterocycles. The Kier molecular flexibility index (Phi) is 5.29. The van der Waals surface area contributed by atoms with E-state index in [2.05, 4.69) is 15.5 Å². The molecule has 8 nitrogen and oxygen atoms in total. The minimum atomic E-state index is -0.854. The van der Waals surface area contributed by atoms with Crippen molar-refractivity contribution in [1.29, 1.82) is 0 Å². The van der Waals surface area contributed by atoms with Gasteiger partial charge in [-0.25, -0.2) is 4.68 Å². The number of carboxylic acids is 1. The highest BCUT2D eigenvalue weighted by Gasteiger charge is 2.36. The lowest BCUT2D eigenvalue weighted by atomic mass is 9.90.